The van der Waals surface area contributed by atoms with Crippen molar-refractivity contribution in [2.24, 2.45) is 5.92 Å². The molecule has 0 N–H and O–H groups in total. The second-order valence-electron chi connectivity index (χ2n) is 1.73. The molecule has 0 aliphatic carbocycles. The van der Waals surface area contributed by atoms with Gasteiger partial charge in [-0.05, 0) is 0 Å². The molecule has 6 heavy (non-hydrogen) atoms. The van der Waals surface area contributed by atoms with Gasteiger partial charge in [0, 0.05) is 0 Å². The van der Waals surface area contributed by atoms with Gasteiger partial charge in [0.05, 0.1) is 0 Å². The zero-order valence-corrected chi connectivity index (χ0v) is 8.76. The summed E-state index contributed by atoms with van der Waals surface area (Å²) in [6, 6.07) is 0. The van der Waals surface area contributed by atoms with Gasteiger partial charge in [0.25, 0.3) is 0 Å². The van der Waals surface area contributed by atoms with E-state index in [0.717, 1.165) is 38.7 Å². The quantitative estimate of drug-likeness (QED) is 0.669. The Bertz CT molecular complexity index is 28.7. The molecule has 36 valence electrons. The van der Waals surface area contributed by atoms with Crippen molar-refractivity contribution in [1.29, 1.82) is 0 Å². The maximum atomic E-state index is 4.97. The van der Waals surface area contributed by atoms with Gasteiger partial charge >= 0.3 is 55.3 Å². The summed E-state index contributed by atoms with van der Waals surface area (Å²) in [7, 11) is 0. The van der Waals surface area contributed by atoms with Crippen LogP contribution in [0.5, 0.6) is 0 Å². The van der Waals surface area contributed by atoms with Crippen LogP contribution in [0, 0.1) is 5.92 Å². The molecule has 2 radical (unpaired) electrons. The predicted molar refractivity (Wildman–Crippen MR) is 27.9 cm³/mol. The molecule has 0 aliphatic rings. The van der Waals surface area contributed by atoms with Gasteiger partial charge in [0.15, 0.2) is 0 Å². The average Bonchev–Trinajstić information content (AvgIpc) is 1.35. The molecular weight excluding hydrogens is 271 g/mol. The summed E-state index contributed by atoms with van der Waals surface area (Å²) < 4.78 is 4.97. The second kappa shape index (κ2) is 4.05. The van der Waals surface area contributed by atoms with E-state index in [9.17, 15) is 0 Å². The van der Waals surface area contributed by atoms with Crippen molar-refractivity contribution in [2.75, 3.05) is 6.61 Å². The Kier molecular flexibility index (Phi) is 4.65. The van der Waals surface area contributed by atoms with Crippen molar-refractivity contribution in [3.63, 3.8) is 0 Å². The molecule has 0 unspecified atom stereocenters. The second-order valence-corrected chi connectivity index (χ2v) is 3.02. The van der Waals surface area contributed by atoms with Gasteiger partial charge < -0.3 is 0 Å². The van der Waals surface area contributed by atoms with E-state index in [-0.39, 0.29) is 0 Å². The van der Waals surface area contributed by atoms with E-state index >= 15 is 0 Å². The predicted octanol–water partition coefficient (Wildman–Crippen LogP) is 0.475. The maximum absolute atomic E-state index is 4.97. The molecule has 0 rings (SSSR count). The van der Waals surface area contributed by atoms with E-state index in [0.29, 0.717) is 0 Å². The Morgan fingerprint density at radius 3 is 2.17 bits per heavy atom. The van der Waals surface area contributed by atoms with Crippen LogP contribution in [-0.2, 0) is 2.69 Å². The Hall–Kier alpha value is 0.882. The molecule has 0 aromatic rings. The summed E-state index contributed by atoms with van der Waals surface area (Å²) in [5, 5.41) is 0. The Morgan fingerprint density at radius 2 is 2.17 bits per heavy atom. The van der Waals surface area contributed by atoms with Crippen LogP contribution in [0.4, 0.5) is 0 Å². The van der Waals surface area contributed by atoms with Crippen LogP contribution in [-0.4, -0.2) is 32.8 Å². The molecule has 0 aromatic carbocycles. The first-order chi connectivity index (χ1) is 2.77. The fraction of sp³-hybridized carbons (Fsp3) is 1.00. The normalized spacial score (nSPS) is 10.0. The van der Waals surface area contributed by atoms with Gasteiger partial charge in [-0.2, -0.15) is 0 Å². The monoisotopic (exact) mass is 282 g/mol. The average molecular weight is 281 g/mol. The van der Waals surface area contributed by atoms with Gasteiger partial charge in [-0.15, -0.1) is 0 Å². The molecule has 0 saturated carbocycles. The zero-order chi connectivity index (χ0) is 4.99. The van der Waals surface area contributed by atoms with E-state index in [1.54, 1.807) is 0 Å². The third-order valence-corrected chi connectivity index (χ3v) is 1.18. The van der Waals surface area contributed by atoms with Gasteiger partial charge in [-0.1, -0.05) is 0 Å². The fourth-order valence-electron chi connectivity index (χ4n) is 0.192. The summed E-state index contributed by atoms with van der Waals surface area (Å²) in [5.74, 6) is 0.718. The van der Waals surface area contributed by atoms with Gasteiger partial charge in [0.1, 0.15) is 0 Å². The van der Waals surface area contributed by atoms with Crippen molar-refractivity contribution >= 4 is 26.2 Å². The molecule has 0 fully saturated rings. The molecule has 0 bridgehead atoms. The minimum absolute atomic E-state index is 0.718. The molecule has 0 aliphatic heterocycles. The fourth-order valence-corrected chi connectivity index (χ4v) is 1.69. The molecule has 2 heteroatoms. The number of hydrogen-bond donors (Lipinski definition) is 0. The van der Waals surface area contributed by atoms with Crippen molar-refractivity contribution < 1.29 is 2.69 Å². The standard InChI is InChI=1S/C4H9O.Pb.H/c1-4(2)3-5;;/h4H,3H2,1-2H3;;/q-1;+1;. The third kappa shape index (κ3) is 4.88. The Labute approximate surface area is 55.4 Å². The number of hydrogen-bond acceptors (Lipinski definition) is 1. The molecule has 1 nitrogen and oxygen atoms in total. The van der Waals surface area contributed by atoms with Gasteiger partial charge in [-0.3, -0.25) is 0 Å². The molecule has 0 aromatic heterocycles. The molecule has 0 atom stereocenters. The van der Waals surface area contributed by atoms with E-state index in [1.807, 2.05) is 0 Å². The molecule has 0 spiro atoms. The summed E-state index contributed by atoms with van der Waals surface area (Å²) >= 11 is 0.720. The molecule has 0 amide bonds. The van der Waals surface area contributed by atoms with Crippen LogP contribution in [0.3, 0.4) is 0 Å². The van der Waals surface area contributed by atoms with Gasteiger partial charge in [-0.25, -0.2) is 0 Å². The first-order valence-corrected chi connectivity index (χ1v) is 3.92. The summed E-state index contributed by atoms with van der Waals surface area (Å²) in [4.78, 5) is 0. The Balaban J connectivity index is 2.63. The van der Waals surface area contributed by atoms with Crippen LogP contribution < -0.4 is 0 Å². The van der Waals surface area contributed by atoms with Gasteiger partial charge in [0.2, 0.25) is 0 Å². The first kappa shape index (κ1) is 6.88. The van der Waals surface area contributed by atoms with E-state index in [4.69, 9.17) is 2.69 Å². The van der Waals surface area contributed by atoms with Crippen LogP contribution in [0.1, 0.15) is 13.8 Å². The minimum atomic E-state index is 0.718. The summed E-state index contributed by atoms with van der Waals surface area (Å²) in [6.07, 6.45) is 0. The van der Waals surface area contributed by atoms with E-state index in [1.165, 1.54) is 0 Å². The van der Waals surface area contributed by atoms with Crippen molar-refractivity contribution in [2.45, 2.75) is 13.8 Å². The molecule has 0 heterocycles. The van der Waals surface area contributed by atoms with Crippen LogP contribution in [0.2, 0.25) is 0 Å². The third-order valence-electron chi connectivity index (χ3n) is 0.430. The number of rotatable bonds is 2. The van der Waals surface area contributed by atoms with Crippen LogP contribution >= 0.6 is 0 Å². The van der Waals surface area contributed by atoms with Crippen LogP contribution in [0.15, 0.2) is 0 Å². The topological polar surface area (TPSA) is 9.23 Å². The van der Waals surface area contributed by atoms with E-state index in [2.05, 4.69) is 13.8 Å². The summed E-state index contributed by atoms with van der Waals surface area (Å²) in [5.41, 5.74) is 0. The molecule has 0 saturated heterocycles. The van der Waals surface area contributed by atoms with Crippen molar-refractivity contribution in [3.05, 3.63) is 0 Å². The van der Waals surface area contributed by atoms with Crippen molar-refractivity contribution in [1.82, 2.24) is 0 Å². The summed E-state index contributed by atoms with van der Waals surface area (Å²) in [6.45, 7) is 5.26. The Morgan fingerprint density at radius 1 is 1.67 bits per heavy atom. The van der Waals surface area contributed by atoms with Crippen molar-refractivity contribution in [3.8, 4) is 0 Å². The zero-order valence-electron chi connectivity index (χ0n) is 4.27. The first-order valence-electron chi connectivity index (χ1n) is 2.09. The molecular formula is C4H10OPb. The SMILES string of the molecule is CC(C)C[O][PbH]. The van der Waals surface area contributed by atoms with Crippen LogP contribution in [0.25, 0.3) is 0 Å². The van der Waals surface area contributed by atoms with E-state index < -0.39 is 0 Å².